The predicted molar refractivity (Wildman–Crippen MR) is 75.8 cm³/mol. The van der Waals surface area contributed by atoms with Gasteiger partial charge in [0.1, 0.15) is 4.32 Å². The van der Waals surface area contributed by atoms with E-state index < -0.39 is 0 Å². The lowest BCUT2D eigenvalue weighted by Gasteiger charge is -1.96. The molecule has 0 saturated heterocycles. The summed E-state index contributed by atoms with van der Waals surface area (Å²) < 4.78 is 0.194. The molecule has 0 fully saturated rings. The van der Waals surface area contributed by atoms with Crippen molar-refractivity contribution in [1.29, 1.82) is 0 Å². The molecular formula is C12H14N2S2. The first-order chi connectivity index (χ1) is 7.68. The van der Waals surface area contributed by atoms with Crippen LogP contribution in [-0.4, -0.2) is 9.30 Å². The number of aromatic amines is 1. The standard InChI is InChI=1S/C11H11N.CH3NS2/c1-2-5-10(6-3-1)9-11-7-4-8-12-11;2-1(3)4/h1-8,12H,9H2;(H3,2,3,4). The van der Waals surface area contributed by atoms with Crippen LogP contribution in [-0.2, 0) is 6.42 Å². The van der Waals surface area contributed by atoms with Gasteiger partial charge >= 0.3 is 0 Å². The van der Waals surface area contributed by atoms with Crippen molar-refractivity contribution < 1.29 is 0 Å². The van der Waals surface area contributed by atoms with Crippen molar-refractivity contribution in [3.63, 3.8) is 0 Å². The van der Waals surface area contributed by atoms with Crippen molar-refractivity contribution in [2.24, 2.45) is 5.73 Å². The number of thiocarbonyl (C=S) groups is 1. The van der Waals surface area contributed by atoms with Gasteiger partial charge < -0.3 is 10.7 Å². The van der Waals surface area contributed by atoms with Gasteiger partial charge in [-0.05, 0) is 17.7 Å². The third-order valence-electron chi connectivity index (χ3n) is 1.90. The maximum atomic E-state index is 4.71. The van der Waals surface area contributed by atoms with E-state index in [-0.39, 0.29) is 4.32 Å². The van der Waals surface area contributed by atoms with Crippen LogP contribution in [0.3, 0.4) is 0 Å². The van der Waals surface area contributed by atoms with Crippen LogP contribution in [0.1, 0.15) is 11.3 Å². The lowest BCUT2D eigenvalue weighted by molar-refractivity contribution is 1.11. The minimum absolute atomic E-state index is 0.194. The Morgan fingerprint density at radius 3 is 2.31 bits per heavy atom. The molecule has 1 aromatic carbocycles. The summed E-state index contributed by atoms with van der Waals surface area (Å²) in [6, 6.07) is 14.6. The summed E-state index contributed by atoms with van der Waals surface area (Å²) in [6.07, 6.45) is 2.95. The Morgan fingerprint density at radius 2 is 1.81 bits per heavy atom. The summed E-state index contributed by atoms with van der Waals surface area (Å²) in [5.41, 5.74) is 7.32. The summed E-state index contributed by atoms with van der Waals surface area (Å²) in [4.78, 5) is 3.19. The Morgan fingerprint density at radius 1 is 1.19 bits per heavy atom. The van der Waals surface area contributed by atoms with Crippen LogP contribution in [0.15, 0.2) is 48.7 Å². The van der Waals surface area contributed by atoms with Gasteiger partial charge in [0.15, 0.2) is 0 Å². The van der Waals surface area contributed by atoms with Gasteiger partial charge in [-0.15, -0.1) is 12.6 Å². The number of benzene rings is 1. The molecule has 4 heteroatoms. The minimum atomic E-state index is 0.194. The van der Waals surface area contributed by atoms with E-state index in [2.05, 4.69) is 60.2 Å². The molecule has 0 atom stereocenters. The van der Waals surface area contributed by atoms with E-state index in [0.717, 1.165) is 6.42 Å². The van der Waals surface area contributed by atoms with Crippen molar-refractivity contribution in [3.05, 3.63) is 59.9 Å². The van der Waals surface area contributed by atoms with Gasteiger partial charge in [-0.25, -0.2) is 0 Å². The number of rotatable bonds is 2. The van der Waals surface area contributed by atoms with Crippen LogP contribution >= 0.6 is 24.8 Å². The molecule has 0 spiro atoms. The summed E-state index contributed by atoms with van der Waals surface area (Å²) >= 11 is 7.65. The highest BCUT2D eigenvalue weighted by atomic mass is 32.1. The second kappa shape index (κ2) is 7.09. The van der Waals surface area contributed by atoms with Gasteiger partial charge in [-0.3, -0.25) is 0 Å². The lowest BCUT2D eigenvalue weighted by Crippen LogP contribution is -1.94. The highest BCUT2D eigenvalue weighted by molar-refractivity contribution is 8.10. The molecule has 1 heterocycles. The maximum Gasteiger partial charge on any atom is 0.128 e. The fourth-order valence-corrected chi connectivity index (χ4v) is 1.29. The van der Waals surface area contributed by atoms with E-state index in [1.54, 1.807) is 0 Å². The summed E-state index contributed by atoms with van der Waals surface area (Å²) in [7, 11) is 0. The Kier molecular flexibility index (Phi) is 5.67. The zero-order valence-corrected chi connectivity index (χ0v) is 10.5. The van der Waals surface area contributed by atoms with Crippen LogP contribution in [0.5, 0.6) is 0 Å². The molecule has 1 aromatic heterocycles. The van der Waals surface area contributed by atoms with Gasteiger partial charge in [0, 0.05) is 18.3 Å². The van der Waals surface area contributed by atoms with E-state index in [1.165, 1.54) is 11.3 Å². The van der Waals surface area contributed by atoms with E-state index in [0.29, 0.717) is 0 Å². The lowest BCUT2D eigenvalue weighted by atomic mass is 10.1. The van der Waals surface area contributed by atoms with Crippen molar-refractivity contribution in [2.45, 2.75) is 6.42 Å². The molecule has 0 aliphatic carbocycles. The van der Waals surface area contributed by atoms with E-state index >= 15 is 0 Å². The van der Waals surface area contributed by atoms with Gasteiger partial charge in [0.2, 0.25) is 0 Å². The molecule has 0 bridgehead atoms. The molecular weight excluding hydrogens is 236 g/mol. The molecule has 16 heavy (non-hydrogen) atoms. The highest BCUT2D eigenvalue weighted by Crippen LogP contribution is 2.05. The van der Waals surface area contributed by atoms with Crippen LogP contribution in [0.25, 0.3) is 0 Å². The third kappa shape index (κ3) is 5.58. The largest absolute Gasteiger partial charge is 0.385 e. The van der Waals surface area contributed by atoms with Crippen LogP contribution in [0, 0.1) is 0 Å². The number of hydrogen-bond donors (Lipinski definition) is 3. The molecule has 2 nitrogen and oxygen atoms in total. The van der Waals surface area contributed by atoms with Crippen molar-refractivity contribution in [1.82, 2.24) is 4.98 Å². The molecule has 0 aliphatic rings. The second-order valence-corrected chi connectivity index (χ2v) is 4.42. The number of hydrogen-bond acceptors (Lipinski definition) is 1. The second-order valence-electron chi connectivity index (χ2n) is 3.20. The Balaban J connectivity index is 0.000000280. The molecule has 0 radical (unpaired) electrons. The minimum Gasteiger partial charge on any atom is -0.385 e. The number of aromatic nitrogens is 1. The fraction of sp³-hybridized carbons (Fsp3) is 0.0833. The first-order valence-electron chi connectivity index (χ1n) is 4.83. The van der Waals surface area contributed by atoms with E-state index in [1.807, 2.05) is 18.3 Å². The van der Waals surface area contributed by atoms with Gasteiger partial charge in [-0.1, -0.05) is 42.5 Å². The molecule has 2 rings (SSSR count). The monoisotopic (exact) mass is 250 g/mol. The van der Waals surface area contributed by atoms with Crippen LogP contribution in [0.2, 0.25) is 0 Å². The molecule has 3 N–H and O–H groups in total. The van der Waals surface area contributed by atoms with Crippen molar-refractivity contribution in [2.75, 3.05) is 0 Å². The van der Waals surface area contributed by atoms with Crippen LogP contribution in [0.4, 0.5) is 0 Å². The first-order valence-corrected chi connectivity index (χ1v) is 5.68. The number of thiol groups is 1. The Hall–Kier alpha value is -1.26. The normalized spacial score (nSPS) is 9.06. The molecule has 0 saturated carbocycles. The Bertz CT molecular complexity index is 406. The SMILES string of the molecule is NC(=S)S.c1ccc(Cc2ccc[nH]2)cc1. The third-order valence-corrected chi connectivity index (χ3v) is 1.90. The zero-order chi connectivity index (χ0) is 11.8. The topological polar surface area (TPSA) is 41.8 Å². The van der Waals surface area contributed by atoms with Crippen molar-refractivity contribution in [3.8, 4) is 0 Å². The smallest absolute Gasteiger partial charge is 0.128 e. The van der Waals surface area contributed by atoms with E-state index in [4.69, 9.17) is 5.73 Å². The summed E-state index contributed by atoms with van der Waals surface area (Å²) in [6.45, 7) is 0. The number of nitrogens with two attached hydrogens (primary N) is 1. The Labute approximate surface area is 106 Å². The average molecular weight is 250 g/mol. The van der Waals surface area contributed by atoms with Gasteiger partial charge in [-0.2, -0.15) is 0 Å². The zero-order valence-electron chi connectivity index (χ0n) is 8.76. The fourth-order valence-electron chi connectivity index (χ4n) is 1.29. The van der Waals surface area contributed by atoms with Gasteiger partial charge in [0.25, 0.3) is 0 Å². The summed E-state index contributed by atoms with van der Waals surface area (Å²) in [5.74, 6) is 0. The average Bonchev–Trinajstić information content (AvgIpc) is 2.71. The summed E-state index contributed by atoms with van der Waals surface area (Å²) in [5, 5.41) is 0. The first kappa shape index (κ1) is 12.8. The highest BCUT2D eigenvalue weighted by Gasteiger charge is 1.93. The van der Waals surface area contributed by atoms with E-state index in [9.17, 15) is 0 Å². The molecule has 84 valence electrons. The quantitative estimate of drug-likeness (QED) is 0.567. The number of H-pyrrole nitrogens is 1. The maximum absolute atomic E-state index is 4.71. The van der Waals surface area contributed by atoms with Gasteiger partial charge in [0.05, 0.1) is 0 Å². The number of nitrogens with one attached hydrogen (secondary N) is 1. The molecule has 2 aromatic rings. The van der Waals surface area contributed by atoms with Crippen LogP contribution < -0.4 is 5.73 Å². The molecule has 0 aliphatic heterocycles. The molecule has 0 amide bonds. The molecule has 0 unspecified atom stereocenters. The van der Waals surface area contributed by atoms with Crippen molar-refractivity contribution >= 4 is 29.2 Å². The predicted octanol–water partition coefficient (Wildman–Crippen LogP) is 2.77.